The molecule has 0 aliphatic heterocycles. The van der Waals surface area contributed by atoms with Gasteiger partial charge in [0.2, 0.25) is 0 Å². The summed E-state index contributed by atoms with van der Waals surface area (Å²) in [5.41, 5.74) is 3.66. The maximum Gasteiger partial charge on any atom is 0.310 e. The lowest BCUT2D eigenvalue weighted by molar-refractivity contribution is -0.139. The maximum atomic E-state index is 14.6. The highest BCUT2D eigenvalue weighted by Crippen LogP contribution is 2.45. The van der Waals surface area contributed by atoms with Crippen LogP contribution in [0.15, 0.2) is 46.9 Å². The van der Waals surface area contributed by atoms with E-state index in [0.29, 0.717) is 22.3 Å². The number of carbonyl (C=O) groups is 1. The normalized spacial score (nSPS) is 14.7. The zero-order chi connectivity index (χ0) is 18.8. The molecular weight excluding hydrogens is 354 g/mol. The second kappa shape index (κ2) is 7.46. The second-order valence-corrected chi connectivity index (χ2v) is 6.88. The van der Waals surface area contributed by atoms with E-state index in [0.717, 1.165) is 22.1 Å². The Bertz CT molecular complexity index is 928. The van der Waals surface area contributed by atoms with Gasteiger partial charge in [0.1, 0.15) is 11.6 Å². The summed E-state index contributed by atoms with van der Waals surface area (Å²) in [6.45, 7) is 1.82. The lowest BCUT2D eigenvalue weighted by Crippen LogP contribution is -2.02. The highest BCUT2D eigenvalue weighted by Gasteiger charge is 2.29. The molecule has 0 amide bonds. The van der Waals surface area contributed by atoms with E-state index in [-0.39, 0.29) is 6.42 Å². The van der Waals surface area contributed by atoms with E-state index < -0.39 is 17.6 Å². The van der Waals surface area contributed by atoms with Crippen molar-refractivity contribution < 1.29 is 18.3 Å². The van der Waals surface area contributed by atoms with Crippen LogP contribution in [0.5, 0.6) is 0 Å². The Labute approximate surface area is 155 Å². The molecule has 134 valence electrons. The third-order valence-corrected chi connectivity index (χ3v) is 5.23. The Hall–Kier alpha value is -2.40. The van der Waals surface area contributed by atoms with E-state index in [1.54, 1.807) is 11.8 Å². The fourth-order valence-electron chi connectivity index (χ4n) is 3.13. The molecule has 0 fully saturated rings. The molecule has 1 aliphatic carbocycles. The van der Waals surface area contributed by atoms with Crippen LogP contribution in [0.1, 0.15) is 30.0 Å². The molecule has 0 bridgehead atoms. The number of rotatable bonds is 4. The largest absolute Gasteiger partial charge is 0.469 e. The first kappa shape index (κ1) is 18.4. The van der Waals surface area contributed by atoms with Gasteiger partial charge >= 0.3 is 5.97 Å². The van der Waals surface area contributed by atoms with Crippen molar-refractivity contribution in [1.82, 2.24) is 0 Å². The summed E-state index contributed by atoms with van der Waals surface area (Å²) in [7, 11) is 1.30. The standard InChI is InChI=1S/C21H18F2O2S/c1-12-16(11-20(24)25-2)18-9-14(22)10-19(23)21(18)17(12)8-13-4-6-15(26-3)7-5-13/h4-10H,11H2,1-3H3. The number of allylic oxidation sites excluding steroid dienone is 2. The lowest BCUT2D eigenvalue weighted by Gasteiger charge is -2.07. The molecule has 0 radical (unpaired) electrons. The molecule has 0 saturated carbocycles. The molecule has 0 unspecified atom stereocenters. The molecule has 0 saturated heterocycles. The number of esters is 1. The Morgan fingerprint density at radius 3 is 2.50 bits per heavy atom. The minimum Gasteiger partial charge on any atom is -0.469 e. The predicted octanol–water partition coefficient (Wildman–Crippen LogP) is 5.58. The van der Waals surface area contributed by atoms with E-state index in [9.17, 15) is 13.6 Å². The minimum absolute atomic E-state index is 0.0268. The quantitative estimate of drug-likeness (QED) is 0.518. The van der Waals surface area contributed by atoms with Crippen LogP contribution in [0.2, 0.25) is 0 Å². The van der Waals surface area contributed by atoms with Crippen molar-refractivity contribution in [1.29, 1.82) is 0 Å². The number of hydrogen-bond acceptors (Lipinski definition) is 3. The molecule has 3 rings (SSSR count). The van der Waals surface area contributed by atoms with Gasteiger partial charge in [-0.15, -0.1) is 11.8 Å². The van der Waals surface area contributed by atoms with E-state index >= 15 is 0 Å². The molecule has 0 N–H and O–H groups in total. The van der Waals surface area contributed by atoms with Gasteiger partial charge in [-0.2, -0.15) is 0 Å². The molecule has 2 aromatic carbocycles. The summed E-state index contributed by atoms with van der Waals surface area (Å²) in [4.78, 5) is 12.9. The van der Waals surface area contributed by atoms with E-state index in [1.807, 2.05) is 43.5 Å². The van der Waals surface area contributed by atoms with Gasteiger partial charge in [0.25, 0.3) is 0 Å². The number of hydrogen-bond donors (Lipinski definition) is 0. The van der Waals surface area contributed by atoms with Gasteiger partial charge in [-0.05, 0) is 65.3 Å². The number of thioether (sulfide) groups is 1. The molecule has 0 spiro atoms. The summed E-state index contributed by atoms with van der Waals surface area (Å²) < 4.78 is 33.1. The van der Waals surface area contributed by atoms with Crippen LogP contribution < -0.4 is 0 Å². The third kappa shape index (κ3) is 3.44. The minimum atomic E-state index is -0.665. The maximum absolute atomic E-state index is 14.6. The first-order valence-corrected chi connectivity index (χ1v) is 9.29. The van der Waals surface area contributed by atoms with Crippen molar-refractivity contribution in [2.75, 3.05) is 13.4 Å². The first-order valence-electron chi connectivity index (χ1n) is 8.07. The average Bonchev–Trinajstić information content (AvgIpc) is 2.88. The van der Waals surface area contributed by atoms with Gasteiger partial charge < -0.3 is 4.74 Å². The summed E-state index contributed by atoms with van der Waals surface area (Å²) in [6.07, 6.45) is 3.83. The average molecular weight is 372 g/mol. The van der Waals surface area contributed by atoms with Crippen LogP contribution in [-0.4, -0.2) is 19.3 Å². The van der Waals surface area contributed by atoms with Crippen LogP contribution in [0.4, 0.5) is 8.78 Å². The number of ether oxygens (including phenoxy) is 1. The summed E-state index contributed by atoms with van der Waals surface area (Å²) >= 11 is 1.64. The van der Waals surface area contributed by atoms with Crippen molar-refractivity contribution in [3.8, 4) is 0 Å². The number of carbonyl (C=O) groups excluding carboxylic acids is 1. The Morgan fingerprint density at radius 1 is 1.19 bits per heavy atom. The lowest BCUT2D eigenvalue weighted by atomic mass is 10.00. The van der Waals surface area contributed by atoms with Gasteiger partial charge in [-0.3, -0.25) is 4.79 Å². The molecule has 0 aromatic heterocycles. The Kier molecular flexibility index (Phi) is 5.28. The monoisotopic (exact) mass is 372 g/mol. The first-order chi connectivity index (χ1) is 12.4. The number of benzene rings is 2. The van der Waals surface area contributed by atoms with Crippen molar-refractivity contribution in [3.63, 3.8) is 0 Å². The van der Waals surface area contributed by atoms with E-state index in [2.05, 4.69) is 0 Å². The molecule has 5 heteroatoms. The van der Waals surface area contributed by atoms with Gasteiger partial charge in [0, 0.05) is 16.5 Å². The van der Waals surface area contributed by atoms with Gasteiger partial charge in [-0.1, -0.05) is 12.1 Å². The van der Waals surface area contributed by atoms with Crippen LogP contribution in [0.25, 0.3) is 17.2 Å². The highest BCUT2D eigenvalue weighted by molar-refractivity contribution is 7.98. The SMILES string of the molecule is COC(=O)CC1=C(C)C(=Cc2ccc(SC)cc2)c2c(F)cc(F)cc21. The van der Waals surface area contributed by atoms with Crippen LogP contribution in [0.3, 0.4) is 0 Å². The van der Waals surface area contributed by atoms with Crippen LogP contribution in [0, 0.1) is 11.6 Å². The zero-order valence-corrected chi connectivity index (χ0v) is 15.5. The topological polar surface area (TPSA) is 26.3 Å². The molecule has 1 aliphatic rings. The third-order valence-electron chi connectivity index (χ3n) is 4.48. The predicted molar refractivity (Wildman–Crippen MR) is 102 cm³/mol. The molecule has 2 aromatic rings. The molecular formula is C21H18F2O2S. The molecule has 0 heterocycles. The van der Waals surface area contributed by atoms with Gasteiger partial charge in [0.05, 0.1) is 13.5 Å². The molecule has 2 nitrogen and oxygen atoms in total. The Balaban J connectivity index is 2.15. The smallest absolute Gasteiger partial charge is 0.310 e. The number of halogens is 2. The number of methoxy groups -OCH3 is 1. The number of fused-ring (bicyclic) bond motifs is 1. The van der Waals surface area contributed by atoms with Crippen molar-refractivity contribution in [3.05, 3.63) is 70.3 Å². The van der Waals surface area contributed by atoms with Gasteiger partial charge in [0.15, 0.2) is 0 Å². The molecule has 0 atom stereocenters. The van der Waals surface area contributed by atoms with Crippen molar-refractivity contribution in [2.24, 2.45) is 0 Å². The fourth-order valence-corrected chi connectivity index (χ4v) is 3.54. The van der Waals surface area contributed by atoms with E-state index in [4.69, 9.17) is 4.74 Å². The Morgan fingerprint density at radius 2 is 1.88 bits per heavy atom. The van der Waals surface area contributed by atoms with Crippen LogP contribution >= 0.6 is 11.8 Å². The highest BCUT2D eigenvalue weighted by atomic mass is 32.2. The summed E-state index contributed by atoms with van der Waals surface area (Å²) in [5.74, 6) is -1.74. The zero-order valence-electron chi connectivity index (χ0n) is 14.7. The molecule has 26 heavy (non-hydrogen) atoms. The van der Waals surface area contributed by atoms with Gasteiger partial charge in [-0.25, -0.2) is 8.78 Å². The fraction of sp³-hybridized carbons (Fsp3) is 0.190. The van der Waals surface area contributed by atoms with Crippen molar-refractivity contribution >= 4 is 35.0 Å². The summed E-state index contributed by atoms with van der Waals surface area (Å²) in [6, 6.07) is 10.0. The summed E-state index contributed by atoms with van der Waals surface area (Å²) in [5, 5.41) is 0. The second-order valence-electron chi connectivity index (χ2n) is 6.00. The van der Waals surface area contributed by atoms with Crippen LogP contribution in [-0.2, 0) is 9.53 Å². The van der Waals surface area contributed by atoms with Crippen molar-refractivity contribution in [2.45, 2.75) is 18.2 Å². The van der Waals surface area contributed by atoms with E-state index in [1.165, 1.54) is 13.2 Å².